The highest BCUT2D eigenvalue weighted by molar-refractivity contribution is 6.33. The van der Waals surface area contributed by atoms with Crippen LogP contribution in [0.5, 0.6) is 0 Å². The maximum Gasteiger partial charge on any atom is 0.343 e. The van der Waals surface area contributed by atoms with Gasteiger partial charge in [0, 0.05) is 48.8 Å². The monoisotopic (exact) mass is 414 g/mol. The van der Waals surface area contributed by atoms with Crippen LogP contribution in [0.3, 0.4) is 0 Å². The van der Waals surface area contributed by atoms with Crippen molar-refractivity contribution in [3.8, 4) is 11.3 Å². The van der Waals surface area contributed by atoms with Gasteiger partial charge in [0.05, 0.1) is 24.0 Å². The van der Waals surface area contributed by atoms with Crippen LogP contribution in [0.2, 0.25) is 5.02 Å². The number of carbonyl (C=O) groups excluding carboxylic acids is 1. The number of hydrogen-bond donors (Lipinski definition) is 2. The predicted octanol–water partition coefficient (Wildman–Crippen LogP) is 3.77. The van der Waals surface area contributed by atoms with E-state index in [1.165, 1.54) is 12.2 Å². The number of aromatic amines is 1. The van der Waals surface area contributed by atoms with Gasteiger partial charge in [0.15, 0.2) is 0 Å². The van der Waals surface area contributed by atoms with E-state index in [-0.39, 0.29) is 12.1 Å². The number of hydrogen-bond acceptors (Lipinski definition) is 5. The molecule has 0 radical (unpaired) electrons. The summed E-state index contributed by atoms with van der Waals surface area (Å²) >= 11 is 6.40. The van der Waals surface area contributed by atoms with E-state index in [1.807, 2.05) is 30.5 Å². The van der Waals surface area contributed by atoms with E-state index in [0.717, 1.165) is 29.3 Å². The summed E-state index contributed by atoms with van der Waals surface area (Å²) in [4.78, 5) is 31.2. The highest BCUT2D eigenvalue weighted by atomic mass is 35.5. The third-order valence-corrected chi connectivity index (χ3v) is 5.51. The molecule has 1 aliphatic rings. The highest BCUT2D eigenvalue weighted by Crippen LogP contribution is 2.32. The van der Waals surface area contributed by atoms with Crippen molar-refractivity contribution < 1.29 is 9.63 Å². The summed E-state index contributed by atoms with van der Waals surface area (Å²) in [6.07, 6.45) is 5.15. The minimum Gasteiger partial charge on any atom is -0.360 e. The molecule has 1 fully saturated rings. The van der Waals surface area contributed by atoms with Crippen LogP contribution < -0.4 is 5.32 Å². The molecule has 2 amide bonds. The van der Waals surface area contributed by atoms with Gasteiger partial charge in [0.1, 0.15) is 0 Å². The van der Waals surface area contributed by atoms with Crippen molar-refractivity contribution in [1.82, 2.24) is 24.9 Å². The summed E-state index contributed by atoms with van der Waals surface area (Å²) < 4.78 is 0. The van der Waals surface area contributed by atoms with Crippen molar-refractivity contribution in [3.05, 3.63) is 41.7 Å². The average Bonchev–Trinajstić information content (AvgIpc) is 3.18. The molecule has 3 heterocycles. The van der Waals surface area contributed by atoms with Gasteiger partial charge in [-0.2, -0.15) is 0 Å². The zero-order valence-corrected chi connectivity index (χ0v) is 17.1. The number of hydroxylamine groups is 2. The number of nitrogens with zero attached hydrogens (tertiary/aromatic N) is 4. The lowest BCUT2D eigenvalue weighted by molar-refractivity contribution is -0.0771. The van der Waals surface area contributed by atoms with Crippen LogP contribution in [0.25, 0.3) is 22.2 Å². The molecule has 8 nitrogen and oxygen atoms in total. The molecule has 1 saturated heterocycles. The molecule has 0 saturated carbocycles. The number of halogens is 1. The zero-order chi connectivity index (χ0) is 20.4. The molecule has 9 heteroatoms. The quantitative estimate of drug-likeness (QED) is 0.634. The smallest absolute Gasteiger partial charge is 0.343 e. The van der Waals surface area contributed by atoms with Crippen molar-refractivity contribution in [1.29, 1.82) is 0 Å². The lowest BCUT2D eigenvalue weighted by atomic mass is 10.1. The number of anilines is 1. The van der Waals surface area contributed by atoms with Crippen LogP contribution in [0.4, 0.5) is 10.7 Å². The average molecular weight is 415 g/mol. The summed E-state index contributed by atoms with van der Waals surface area (Å²) in [5.41, 5.74) is 2.67. The predicted molar refractivity (Wildman–Crippen MR) is 113 cm³/mol. The first-order valence-corrected chi connectivity index (χ1v) is 9.87. The molecular weight excluding hydrogens is 392 g/mol. The summed E-state index contributed by atoms with van der Waals surface area (Å²) in [5.74, 6) is 0.536. The SMILES string of the molecule is CON(C)C(=O)N1CCC(Nc2ncc(Cl)c(-c3c[nH]c4ccccc34)n2)CC1. The Balaban J connectivity index is 1.47. The van der Waals surface area contributed by atoms with E-state index in [1.54, 1.807) is 18.1 Å². The van der Waals surface area contributed by atoms with Crippen molar-refractivity contribution in [2.45, 2.75) is 18.9 Å². The Hall–Kier alpha value is -2.84. The second-order valence-electron chi connectivity index (χ2n) is 7.01. The highest BCUT2D eigenvalue weighted by Gasteiger charge is 2.25. The first kappa shape index (κ1) is 19.5. The molecule has 2 N–H and O–H groups in total. The van der Waals surface area contributed by atoms with Crippen LogP contribution in [0.15, 0.2) is 36.7 Å². The summed E-state index contributed by atoms with van der Waals surface area (Å²) in [7, 11) is 3.09. The largest absolute Gasteiger partial charge is 0.360 e. The van der Waals surface area contributed by atoms with E-state index in [4.69, 9.17) is 16.4 Å². The van der Waals surface area contributed by atoms with Crippen LogP contribution in [-0.2, 0) is 4.84 Å². The maximum atomic E-state index is 12.2. The first-order valence-electron chi connectivity index (χ1n) is 9.49. The number of amides is 2. The summed E-state index contributed by atoms with van der Waals surface area (Å²) in [6.45, 7) is 1.29. The van der Waals surface area contributed by atoms with Gasteiger partial charge in [-0.3, -0.25) is 4.84 Å². The second kappa shape index (κ2) is 8.26. The van der Waals surface area contributed by atoms with Gasteiger partial charge >= 0.3 is 6.03 Å². The molecule has 152 valence electrons. The van der Waals surface area contributed by atoms with Gasteiger partial charge in [0.2, 0.25) is 5.95 Å². The van der Waals surface area contributed by atoms with E-state index in [0.29, 0.717) is 29.8 Å². The Bertz CT molecular complexity index is 1020. The van der Waals surface area contributed by atoms with E-state index >= 15 is 0 Å². The van der Waals surface area contributed by atoms with Gasteiger partial charge in [-0.1, -0.05) is 29.8 Å². The van der Waals surface area contributed by atoms with Crippen molar-refractivity contribution in [2.24, 2.45) is 0 Å². The molecule has 2 aromatic heterocycles. The fourth-order valence-corrected chi connectivity index (χ4v) is 3.76. The van der Waals surface area contributed by atoms with Crippen LogP contribution >= 0.6 is 11.6 Å². The van der Waals surface area contributed by atoms with E-state index in [2.05, 4.69) is 20.3 Å². The second-order valence-corrected chi connectivity index (χ2v) is 7.41. The van der Waals surface area contributed by atoms with Crippen LogP contribution in [0.1, 0.15) is 12.8 Å². The molecule has 3 aromatic rings. The number of para-hydroxylation sites is 1. The standard InChI is InChI=1S/C20H23ClN6O2/c1-26(29-2)20(28)27-9-7-13(8-10-27)24-19-23-12-16(21)18(25-19)15-11-22-17-6-4-3-5-14(15)17/h3-6,11-13,22H,7-10H2,1-2H3,(H,23,24,25). The minimum atomic E-state index is -0.129. The molecule has 29 heavy (non-hydrogen) atoms. The summed E-state index contributed by atoms with van der Waals surface area (Å²) in [6, 6.07) is 8.08. The van der Waals surface area contributed by atoms with E-state index in [9.17, 15) is 4.79 Å². The van der Waals surface area contributed by atoms with Gasteiger partial charge in [-0.25, -0.2) is 19.8 Å². The Morgan fingerprint density at radius 1 is 1.34 bits per heavy atom. The number of aromatic nitrogens is 3. The number of H-pyrrole nitrogens is 1. The first-order chi connectivity index (χ1) is 14.1. The van der Waals surface area contributed by atoms with Crippen LogP contribution in [0, 0.1) is 0 Å². The molecule has 0 atom stereocenters. The van der Waals surface area contributed by atoms with E-state index < -0.39 is 0 Å². The van der Waals surface area contributed by atoms with Crippen molar-refractivity contribution >= 4 is 34.5 Å². The normalized spacial score (nSPS) is 14.9. The molecule has 4 rings (SSSR count). The van der Waals surface area contributed by atoms with Crippen LogP contribution in [-0.4, -0.2) is 64.2 Å². The third-order valence-electron chi connectivity index (χ3n) is 5.23. The number of rotatable bonds is 4. The Morgan fingerprint density at radius 3 is 2.86 bits per heavy atom. The molecular formula is C20H23ClN6O2. The molecule has 0 bridgehead atoms. The fraction of sp³-hybridized carbons (Fsp3) is 0.350. The zero-order valence-electron chi connectivity index (χ0n) is 16.4. The molecule has 0 unspecified atom stereocenters. The third kappa shape index (κ3) is 3.99. The lowest BCUT2D eigenvalue weighted by Crippen LogP contribution is -2.47. The fourth-order valence-electron chi connectivity index (χ4n) is 3.57. The Kier molecular flexibility index (Phi) is 5.55. The van der Waals surface area contributed by atoms with Crippen molar-refractivity contribution in [3.63, 3.8) is 0 Å². The summed E-state index contributed by atoms with van der Waals surface area (Å²) in [5, 5.41) is 6.19. The number of nitrogens with one attached hydrogen (secondary N) is 2. The molecule has 1 aliphatic heterocycles. The molecule has 1 aromatic carbocycles. The molecule has 0 aliphatic carbocycles. The van der Waals surface area contributed by atoms with Gasteiger partial charge in [-0.15, -0.1) is 0 Å². The molecule has 0 spiro atoms. The Morgan fingerprint density at radius 2 is 2.10 bits per heavy atom. The number of piperidine rings is 1. The van der Waals surface area contributed by atoms with Crippen molar-refractivity contribution in [2.75, 3.05) is 32.6 Å². The Labute approximate surface area is 173 Å². The topological polar surface area (TPSA) is 86.4 Å². The van der Waals surface area contributed by atoms with Gasteiger partial charge in [0.25, 0.3) is 0 Å². The minimum absolute atomic E-state index is 0.129. The van der Waals surface area contributed by atoms with Gasteiger partial charge < -0.3 is 15.2 Å². The number of likely N-dealkylation sites (tertiary alicyclic amines) is 1. The number of carbonyl (C=O) groups is 1. The van der Waals surface area contributed by atoms with Gasteiger partial charge in [-0.05, 0) is 18.9 Å². The number of fused-ring (bicyclic) bond motifs is 1. The number of urea groups is 1. The number of benzene rings is 1. The lowest BCUT2D eigenvalue weighted by Gasteiger charge is -2.34. The maximum absolute atomic E-state index is 12.2.